The van der Waals surface area contributed by atoms with Crippen LogP contribution in [0.5, 0.6) is 0 Å². The van der Waals surface area contributed by atoms with Gasteiger partial charge in [-0.2, -0.15) is 0 Å². The van der Waals surface area contributed by atoms with Crippen molar-refractivity contribution < 1.29 is 9.13 Å². The molecule has 2 unspecified atom stereocenters. The van der Waals surface area contributed by atoms with E-state index >= 15 is 0 Å². The Balaban J connectivity index is 2.20. The van der Waals surface area contributed by atoms with Gasteiger partial charge in [0.05, 0.1) is 18.3 Å². The van der Waals surface area contributed by atoms with Crippen molar-refractivity contribution >= 4 is 0 Å². The van der Waals surface area contributed by atoms with E-state index < -0.39 is 0 Å². The Morgan fingerprint density at radius 3 is 2.82 bits per heavy atom. The molecule has 0 aliphatic heterocycles. The summed E-state index contributed by atoms with van der Waals surface area (Å²) in [6.07, 6.45) is 5.45. The summed E-state index contributed by atoms with van der Waals surface area (Å²) >= 11 is 0. The molecule has 0 aromatic carbocycles. The standard InChI is InChI=1S/C13H19FN2O/c1-3-16-12(13(17-2)9-4-5-9)10-6-11(14)8-15-7-10/h6-9,12-13,16H,3-5H2,1-2H3. The van der Waals surface area contributed by atoms with Gasteiger partial charge in [0.15, 0.2) is 0 Å². The van der Waals surface area contributed by atoms with Gasteiger partial charge in [-0.3, -0.25) is 4.98 Å². The summed E-state index contributed by atoms with van der Waals surface area (Å²) in [4.78, 5) is 3.91. The fourth-order valence-electron chi connectivity index (χ4n) is 2.27. The molecular formula is C13H19FN2O. The molecule has 1 aromatic rings. The van der Waals surface area contributed by atoms with Gasteiger partial charge in [-0.1, -0.05) is 6.92 Å². The van der Waals surface area contributed by atoms with Gasteiger partial charge in [0.1, 0.15) is 5.82 Å². The third-order valence-corrected chi connectivity index (χ3v) is 3.20. The van der Waals surface area contributed by atoms with Crippen LogP contribution in [0.4, 0.5) is 4.39 Å². The molecule has 1 N–H and O–H groups in total. The quantitative estimate of drug-likeness (QED) is 0.825. The number of rotatable bonds is 6. The molecule has 0 saturated heterocycles. The van der Waals surface area contributed by atoms with E-state index in [-0.39, 0.29) is 18.0 Å². The molecule has 0 amide bonds. The number of halogens is 1. The summed E-state index contributed by atoms with van der Waals surface area (Å²) in [5.41, 5.74) is 0.866. The summed E-state index contributed by atoms with van der Waals surface area (Å²) in [7, 11) is 1.72. The molecular weight excluding hydrogens is 219 g/mol. The molecule has 1 fully saturated rings. The van der Waals surface area contributed by atoms with E-state index in [2.05, 4.69) is 10.3 Å². The van der Waals surface area contributed by atoms with E-state index in [9.17, 15) is 4.39 Å². The van der Waals surface area contributed by atoms with Gasteiger partial charge in [0, 0.05) is 13.3 Å². The molecule has 4 heteroatoms. The highest BCUT2D eigenvalue weighted by atomic mass is 19.1. The third kappa shape index (κ3) is 3.01. The summed E-state index contributed by atoms with van der Waals surface area (Å²) in [5.74, 6) is 0.295. The number of hydrogen-bond donors (Lipinski definition) is 1. The summed E-state index contributed by atoms with van der Waals surface area (Å²) in [6, 6.07) is 1.56. The number of hydrogen-bond acceptors (Lipinski definition) is 3. The molecule has 17 heavy (non-hydrogen) atoms. The average Bonchev–Trinajstić information content (AvgIpc) is 3.13. The first-order chi connectivity index (χ1) is 8.26. The second kappa shape index (κ2) is 5.56. The smallest absolute Gasteiger partial charge is 0.141 e. The fraction of sp³-hybridized carbons (Fsp3) is 0.615. The topological polar surface area (TPSA) is 34.2 Å². The third-order valence-electron chi connectivity index (χ3n) is 3.20. The first-order valence-electron chi connectivity index (χ1n) is 6.13. The zero-order valence-corrected chi connectivity index (χ0v) is 10.3. The maximum absolute atomic E-state index is 13.2. The van der Waals surface area contributed by atoms with Crippen LogP contribution in [0.1, 0.15) is 31.4 Å². The predicted molar refractivity (Wildman–Crippen MR) is 64.1 cm³/mol. The SMILES string of the molecule is CCNC(c1cncc(F)c1)C(OC)C1CC1. The van der Waals surface area contributed by atoms with Gasteiger partial charge in [-0.15, -0.1) is 0 Å². The first kappa shape index (κ1) is 12.5. The van der Waals surface area contributed by atoms with E-state index in [1.54, 1.807) is 13.3 Å². The van der Waals surface area contributed by atoms with Gasteiger partial charge in [-0.05, 0) is 36.9 Å². The maximum atomic E-state index is 13.2. The largest absolute Gasteiger partial charge is 0.379 e. The normalized spacial score (nSPS) is 19.0. The van der Waals surface area contributed by atoms with Crippen LogP contribution in [0.2, 0.25) is 0 Å². The highest BCUT2D eigenvalue weighted by molar-refractivity contribution is 5.18. The Labute approximate surface area is 101 Å². The zero-order chi connectivity index (χ0) is 12.3. The lowest BCUT2D eigenvalue weighted by Crippen LogP contribution is -2.34. The van der Waals surface area contributed by atoms with E-state index in [1.165, 1.54) is 25.1 Å². The van der Waals surface area contributed by atoms with Crippen LogP contribution in [-0.2, 0) is 4.74 Å². The van der Waals surface area contributed by atoms with Crippen molar-refractivity contribution in [3.05, 3.63) is 29.8 Å². The Morgan fingerprint density at radius 1 is 1.53 bits per heavy atom. The molecule has 3 nitrogen and oxygen atoms in total. The number of nitrogens with zero attached hydrogens (tertiary/aromatic N) is 1. The first-order valence-corrected chi connectivity index (χ1v) is 6.13. The molecule has 0 radical (unpaired) electrons. The van der Waals surface area contributed by atoms with Gasteiger partial charge < -0.3 is 10.1 Å². The molecule has 1 saturated carbocycles. The Morgan fingerprint density at radius 2 is 2.29 bits per heavy atom. The lowest BCUT2D eigenvalue weighted by molar-refractivity contribution is 0.0510. The number of aromatic nitrogens is 1. The number of ether oxygens (including phenoxy) is 1. The van der Waals surface area contributed by atoms with Gasteiger partial charge in [0.25, 0.3) is 0 Å². The zero-order valence-electron chi connectivity index (χ0n) is 10.3. The van der Waals surface area contributed by atoms with E-state index in [0.29, 0.717) is 5.92 Å². The Kier molecular flexibility index (Phi) is 4.07. The van der Waals surface area contributed by atoms with E-state index in [4.69, 9.17) is 4.74 Å². The molecule has 1 heterocycles. The van der Waals surface area contributed by atoms with E-state index in [0.717, 1.165) is 12.1 Å². The highest BCUT2D eigenvalue weighted by Crippen LogP contribution is 2.39. The van der Waals surface area contributed by atoms with Gasteiger partial charge in [-0.25, -0.2) is 4.39 Å². The lowest BCUT2D eigenvalue weighted by atomic mass is 9.99. The number of pyridine rings is 1. The molecule has 1 aliphatic carbocycles. The van der Waals surface area contributed by atoms with Crippen LogP contribution in [0.25, 0.3) is 0 Å². The van der Waals surface area contributed by atoms with Crippen molar-refractivity contribution in [2.24, 2.45) is 5.92 Å². The minimum absolute atomic E-state index is 0.0284. The Bertz CT molecular complexity index is 368. The summed E-state index contributed by atoms with van der Waals surface area (Å²) in [5, 5.41) is 3.37. The lowest BCUT2D eigenvalue weighted by Gasteiger charge is -2.27. The molecule has 1 aliphatic rings. The summed E-state index contributed by atoms with van der Waals surface area (Å²) in [6.45, 7) is 2.87. The van der Waals surface area contributed by atoms with Crippen LogP contribution in [-0.4, -0.2) is 24.7 Å². The molecule has 2 rings (SSSR count). The second-order valence-electron chi connectivity index (χ2n) is 4.51. The van der Waals surface area contributed by atoms with Crippen molar-refractivity contribution in [2.45, 2.75) is 31.9 Å². The van der Waals surface area contributed by atoms with Crippen molar-refractivity contribution in [1.29, 1.82) is 0 Å². The minimum atomic E-state index is -0.295. The van der Waals surface area contributed by atoms with Crippen molar-refractivity contribution in [3.63, 3.8) is 0 Å². The Hall–Kier alpha value is -1.00. The van der Waals surface area contributed by atoms with Gasteiger partial charge in [0.2, 0.25) is 0 Å². The molecule has 94 valence electrons. The minimum Gasteiger partial charge on any atom is -0.379 e. The van der Waals surface area contributed by atoms with Crippen molar-refractivity contribution in [2.75, 3.05) is 13.7 Å². The molecule has 0 bridgehead atoms. The molecule has 1 aromatic heterocycles. The van der Waals surface area contributed by atoms with Crippen LogP contribution in [0, 0.1) is 11.7 Å². The molecule has 0 spiro atoms. The number of nitrogens with one attached hydrogen (secondary N) is 1. The van der Waals surface area contributed by atoms with Crippen LogP contribution >= 0.6 is 0 Å². The average molecular weight is 238 g/mol. The van der Waals surface area contributed by atoms with Crippen molar-refractivity contribution in [1.82, 2.24) is 10.3 Å². The van der Waals surface area contributed by atoms with Crippen LogP contribution in [0.15, 0.2) is 18.5 Å². The monoisotopic (exact) mass is 238 g/mol. The predicted octanol–water partition coefficient (Wildman–Crippen LogP) is 2.30. The second-order valence-corrected chi connectivity index (χ2v) is 4.51. The number of likely N-dealkylation sites (N-methyl/N-ethyl adjacent to an activating group) is 1. The fourth-order valence-corrected chi connectivity index (χ4v) is 2.27. The highest BCUT2D eigenvalue weighted by Gasteiger charge is 2.37. The maximum Gasteiger partial charge on any atom is 0.141 e. The van der Waals surface area contributed by atoms with Crippen LogP contribution in [0.3, 0.4) is 0 Å². The molecule has 2 atom stereocenters. The summed E-state index contributed by atoms with van der Waals surface area (Å²) < 4.78 is 18.8. The van der Waals surface area contributed by atoms with Crippen molar-refractivity contribution in [3.8, 4) is 0 Å². The van der Waals surface area contributed by atoms with Gasteiger partial charge >= 0.3 is 0 Å². The van der Waals surface area contributed by atoms with Crippen LogP contribution < -0.4 is 5.32 Å². The van der Waals surface area contributed by atoms with E-state index in [1.807, 2.05) is 6.92 Å². The number of methoxy groups -OCH3 is 1.